The number of aliphatic hydroxyl groups excluding tert-OH is 1. The van der Waals surface area contributed by atoms with E-state index in [4.69, 9.17) is 11.5 Å². The van der Waals surface area contributed by atoms with Crippen LogP contribution in [0, 0.1) is 11.8 Å². The number of nitrogens with two attached hydrogens (primary N) is 2. The fraction of sp³-hybridized carbons (Fsp3) is 0.491. The molecule has 0 bridgehead atoms. The summed E-state index contributed by atoms with van der Waals surface area (Å²) < 4.78 is 0. The highest BCUT2D eigenvalue weighted by Gasteiger charge is 2.36. The maximum atomic E-state index is 14.5. The smallest absolute Gasteiger partial charge is 0.325 e. The number of unbranched alkanes of at least 4 members (excludes halogenated alkanes) is 1. The Labute approximate surface area is 459 Å². The van der Waals surface area contributed by atoms with Gasteiger partial charge in [0.2, 0.25) is 47.3 Å². The Bertz CT molecular complexity index is 2500. The summed E-state index contributed by atoms with van der Waals surface area (Å²) in [5, 5.41) is 59.5. The quantitative estimate of drug-likeness (QED) is 0.0333. The number of carbonyl (C=O) groups is 10. The number of amides is 8. The van der Waals surface area contributed by atoms with Crippen LogP contribution < -0.4 is 54.0 Å². The zero-order valence-electron chi connectivity index (χ0n) is 45.2. The summed E-state index contributed by atoms with van der Waals surface area (Å²) in [6.45, 7) is 7.11. The molecular weight excluding hydrogens is 1020 g/mol. The van der Waals surface area contributed by atoms with E-state index >= 15 is 0 Å². The van der Waals surface area contributed by atoms with E-state index in [0.717, 1.165) is 5.56 Å². The SMILES string of the molecule is CC[C@H](C)[C@H](NC(=O)[C@H](CCCCN)NC(=O)[C@H](CCC(=O)O)NC(=O)[C@H](CO)NC(=O)[C@@H](NC(=O)[C@@H](N)Cc1ccccc1)C(C)C)C(=O)N[C@@H](Cc1ccccc1)C(=O)N[C@@H](Cc1ccc(O)cc1)C(=O)N[C@@H](C)C(=O)O. The van der Waals surface area contributed by atoms with Crippen LogP contribution in [0.25, 0.3) is 0 Å². The number of carboxylic acids is 2. The number of aromatic hydroxyl groups is 1. The van der Waals surface area contributed by atoms with Gasteiger partial charge in [-0.05, 0) is 86.2 Å². The second-order valence-electron chi connectivity index (χ2n) is 19.7. The van der Waals surface area contributed by atoms with E-state index < -0.39 is 145 Å². The van der Waals surface area contributed by atoms with Crippen LogP contribution in [0.2, 0.25) is 0 Å². The molecule has 0 spiro atoms. The highest BCUT2D eigenvalue weighted by atomic mass is 16.4. The zero-order chi connectivity index (χ0) is 58.8. The van der Waals surface area contributed by atoms with Gasteiger partial charge in [0.1, 0.15) is 54.1 Å². The summed E-state index contributed by atoms with van der Waals surface area (Å²) in [6, 6.07) is 10.7. The van der Waals surface area contributed by atoms with E-state index in [-0.39, 0.29) is 44.4 Å². The lowest BCUT2D eigenvalue weighted by Crippen LogP contribution is -2.62. The van der Waals surface area contributed by atoms with Crippen LogP contribution in [0.3, 0.4) is 0 Å². The number of carboxylic acid groups (broad SMARTS) is 2. The molecule has 79 heavy (non-hydrogen) atoms. The first-order chi connectivity index (χ1) is 37.5. The van der Waals surface area contributed by atoms with Crippen molar-refractivity contribution in [1.82, 2.24) is 42.5 Å². The summed E-state index contributed by atoms with van der Waals surface area (Å²) in [7, 11) is 0. The van der Waals surface area contributed by atoms with Crippen molar-refractivity contribution in [2.45, 2.75) is 147 Å². The topological polar surface area (TPSA) is 400 Å². The molecule has 3 aromatic carbocycles. The third-order valence-corrected chi connectivity index (χ3v) is 13.0. The Morgan fingerprint density at radius 2 is 0.924 bits per heavy atom. The van der Waals surface area contributed by atoms with E-state index in [0.29, 0.717) is 24.0 Å². The lowest BCUT2D eigenvalue weighted by molar-refractivity contribution is -0.142. The first kappa shape index (κ1) is 65.3. The molecule has 24 nitrogen and oxygen atoms in total. The van der Waals surface area contributed by atoms with Gasteiger partial charge in [0.15, 0.2) is 0 Å². The molecule has 432 valence electrons. The number of hydrogen-bond acceptors (Lipinski definition) is 14. The van der Waals surface area contributed by atoms with Crippen LogP contribution in [-0.4, -0.2) is 147 Å². The normalized spacial score (nSPS) is 14.9. The summed E-state index contributed by atoms with van der Waals surface area (Å²) in [4.78, 5) is 135. The molecule has 0 unspecified atom stereocenters. The molecule has 10 atom stereocenters. The monoisotopic (exact) mass is 1100 g/mol. The van der Waals surface area contributed by atoms with Crippen molar-refractivity contribution in [2.75, 3.05) is 13.2 Å². The lowest BCUT2D eigenvalue weighted by atomic mass is 9.96. The molecule has 3 rings (SSSR count). The van der Waals surface area contributed by atoms with Gasteiger partial charge in [0.25, 0.3) is 0 Å². The first-order valence-electron chi connectivity index (χ1n) is 26.3. The van der Waals surface area contributed by atoms with Crippen LogP contribution in [-0.2, 0) is 67.2 Å². The van der Waals surface area contributed by atoms with Gasteiger partial charge in [-0.3, -0.25) is 47.9 Å². The maximum absolute atomic E-state index is 14.5. The Morgan fingerprint density at radius 3 is 1.43 bits per heavy atom. The Morgan fingerprint density at radius 1 is 0.494 bits per heavy atom. The Kier molecular flexibility index (Phi) is 27.6. The van der Waals surface area contributed by atoms with Crippen molar-refractivity contribution in [3.63, 3.8) is 0 Å². The van der Waals surface area contributed by atoms with E-state index in [2.05, 4.69) is 42.5 Å². The molecule has 0 aromatic heterocycles. The predicted octanol–water partition coefficient (Wildman–Crippen LogP) is -0.582. The number of carbonyl (C=O) groups excluding carboxylic acids is 8. The molecule has 0 aliphatic carbocycles. The number of rotatable bonds is 34. The number of nitrogens with one attached hydrogen (secondary N) is 8. The third kappa shape index (κ3) is 22.5. The molecule has 0 radical (unpaired) electrons. The molecular formula is C55H78N10O14. The minimum atomic E-state index is -1.71. The van der Waals surface area contributed by atoms with Crippen LogP contribution in [0.15, 0.2) is 84.9 Å². The third-order valence-electron chi connectivity index (χ3n) is 13.0. The van der Waals surface area contributed by atoms with Crippen LogP contribution in [0.1, 0.15) is 89.8 Å². The van der Waals surface area contributed by atoms with Crippen molar-refractivity contribution in [1.29, 1.82) is 0 Å². The largest absolute Gasteiger partial charge is 0.508 e. The van der Waals surface area contributed by atoms with Gasteiger partial charge in [-0.25, -0.2) is 0 Å². The van der Waals surface area contributed by atoms with Crippen molar-refractivity contribution in [3.05, 3.63) is 102 Å². The standard InChI is InChI=1S/C55H78N10O14/c1-6-32(4)46(54(77)62-42(28-35-17-11-8-12-18-35)51(74)61-41(50(73)58-33(5)55(78)79)29-36-20-22-37(67)23-21-36)65-49(72)39(19-13-14-26-56)59-48(71)40(24-25-44(68)69)60-52(75)43(30-66)63-53(76)45(31(2)3)64-47(70)38(57)27-34-15-9-7-10-16-34/h7-12,15-18,20-23,31-33,38-43,45-46,66-67H,6,13-14,19,24-30,56-57H2,1-5H3,(H,58,73)(H,59,71)(H,60,75)(H,61,74)(H,62,77)(H,63,76)(H,64,70)(H,65,72)(H,68,69)(H,78,79)/t32-,33-,38-,39-,40-,41-,42-,43-,45-,46-/m0/s1. The number of phenolic OH excluding ortho intramolecular Hbond substituents is 1. The minimum Gasteiger partial charge on any atom is -0.508 e. The van der Waals surface area contributed by atoms with Crippen LogP contribution in [0.5, 0.6) is 5.75 Å². The van der Waals surface area contributed by atoms with Crippen molar-refractivity contribution in [3.8, 4) is 5.75 Å². The summed E-state index contributed by atoms with van der Waals surface area (Å²) >= 11 is 0. The molecule has 0 heterocycles. The molecule has 3 aromatic rings. The van der Waals surface area contributed by atoms with Gasteiger partial charge >= 0.3 is 11.9 Å². The summed E-state index contributed by atoms with van der Waals surface area (Å²) in [6.07, 6.45) is -0.348. The van der Waals surface area contributed by atoms with Crippen molar-refractivity contribution < 1.29 is 68.4 Å². The Balaban J connectivity index is 1.88. The number of aliphatic hydroxyl groups is 1. The summed E-state index contributed by atoms with van der Waals surface area (Å²) in [5.41, 5.74) is 13.8. The predicted molar refractivity (Wildman–Crippen MR) is 290 cm³/mol. The van der Waals surface area contributed by atoms with Gasteiger partial charge in [-0.15, -0.1) is 0 Å². The second-order valence-corrected chi connectivity index (χ2v) is 19.7. The van der Waals surface area contributed by atoms with Gasteiger partial charge in [-0.2, -0.15) is 0 Å². The van der Waals surface area contributed by atoms with Crippen LogP contribution >= 0.6 is 0 Å². The maximum Gasteiger partial charge on any atom is 0.325 e. The van der Waals surface area contributed by atoms with Crippen LogP contribution in [0.4, 0.5) is 0 Å². The van der Waals surface area contributed by atoms with E-state index in [1.54, 1.807) is 88.4 Å². The molecule has 8 amide bonds. The molecule has 16 N–H and O–H groups in total. The molecule has 0 fully saturated rings. The van der Waals surface area contributed by atoms with E-state index in [9.17, 15) is 68.4 Å². The van der Waals surface area contributed by atoms with Crippen molar-refractivity contribution >= 4 is 59.2 Å². The zero-order valence-corrected chi connectivity index (χ0v) is 45.2. The van der Waals surface area contributed by atoms with Gasteiger partial charge in [0, 0.05) is 19.3 Å². The molecule has 0 saturated heterocycles. The van der Waals surface area contributed by atoms with Gasteiger partial charge in [-0.1, -0.05) is 107 Å². The molecule has 0 aliphatic heterocycles. The lowest BCUT2D eigenvalue weighted by Gasteiger charge is -2.30. The number of aliphatic carboxylic acids is 2. The fourth-order valence-electron chi connectivity index (χ4n) is 8.06. The number of hydrogen-bond donors (Lipinski definition) is 14. The minimum absolute atomic E-state index is 0.0557. The van der Waals surface area contributed by atoms with E-state index in [1.807, 2.05) is 0 Å². The highest BCUT2D eigenvalue weighted by molar-refractivity contribution is 5.98. The van der Waals surface area contributed by atoms with Crippen molar-refractivity contribution in [2.24, 2.45) is 23.3 Å². The fourth-order valence-corrected chi connectivity index (χ4v) is 8.06. The van der Waals surface area contributed by atoms with Gasteiger partial charge in [0.05, 0.1) is 12.6 Å². The van der Waals surface area contributed by atoms with Gasteiger partial charge < -0.3 is 74.4 Å². The molecule has 24 heteroatoms. The average Bonchev–Trinajstić information content (AvgIpc) is 3.41. The number of benzene rings is 3. The number of phenols is 1. The second kappa shape index (κ2) is 33.4. The summed E-state index contributed by atoms with van der Waals surface area (Å²) in [5.74, 6) is -11.0. The Hall–Kier alpha value is -7.96. The molecule has 0 aliphatic rings. The highest BCUT2D eigenvalue weighted by Crippen LogP contribution is 2.15. The average molecular weight is 1100 g/mol. The van der Waals surface area contributed by atoms with E-state index in [1.165, 1.54) is 31.2 Å². The molecule has 0 saturated carbocycles. The first-order valence-corrected chi connectivity index (χ1v) is 26.3.